The quantitative estimate of drug-likeness (QED) is 0.505. The lowest BCUT2D eigenvalue weighted by molar-refractivity contribution is 0.101. The molecule has 1 saturated carbocycles. The second-order valence-corrected chi connectivity index (χ2v) is 7.40. The zero-order chi connectivity index (χ0) is 18.2. The number of hydrogen-bond acceptors (Lipinski definition) is 2. The van der Waals surface area contributed by atoms with Crippen LogP contribution in [0.5, 0.6) is 0 Å². The second kappa shape index (κ2) is 6.66. The van der Waals surface area contributed by atoms with Crippen LogP contribution < -0.4 is 4.90 Å². The zero-order valence-electron chi connectivity index (χ0n) is 15.3. The van der Waals surface area contributed by atoms with Crippen LogP contribution in [0.25, 0.3) is 16.6 Å². The van der Waals surface area contributed by atoms with E-state index >= 15 is 0 Å². The molecule has 3 heteroatoms. The molecule has 0 saturated heterocycles. The average molecular weight is 354 g/mol. The zero-order valence-corrected chi connectivity index (χ0v) is 15.3. The number of fused-ring (bicyclic) bond motifs is 2. The van der Waals surface area contributed by atoms with Crippen molar-refractivity contribution in [2.24, 2.45) is 0 Å². The summed E-state index contributed by atoms with van der Waals surface area (Å²) in [4.78, 5) is 20.0. The Labute approximate surface area is 159 Å². The number of anilines is 1. The Hall–Kier alpha value is -2.94. The lowest BCUT2D eigenvalue weighted by Crippen LogP contribution is -2.24. The van der Waals surface area contributed by atoms with Crippen molar-refractivity contribution in [3.63, 3.8) is 0 Å². The molecule has 1 aliphatic heterocycles. The third-order valence-electron chi connectivity index (χ3n) is 5.73. The fourth-order valence-electron chi connectivity index (χ4n) is 4.46. The molecule has 2 aliphatic rings. The van der Waals surface area contributed by atoms with Gasteiger partial charge in [0.25, 0.3) is 5.91 Å². The molecule has 134 valence electrons. The molecule has 0 atom stereocenters. The number of aromatic nitrogens is 1. The lowest BCUT2D eigenvalue weighted by Gasteiger charge is -2.23. The van der Waals surface area contributed by atoms with Crippen molar-refractivity contribution in [2.45, 2.75) is 38.5 Å². The molecule has 0 bridgehead atoms. The van der Waals surface area contributed by atoms with Gasteiger partial charge in [-0.1, -0.05) is 49.2 Å². The minimum Gasteiger partial charge on any atom is -0.274 e. The van der Waals surface area contributed by atoms with E-state index in [1.165, 1.54) is 31.3 Å². The maximum Gasteiger partial charge on any atom is 0.263 e. The summed E-state index contributed by atoms with van der Waals surface area (Å²) in [7, 11) is 0. The normalized spacial score (nSPS) is 17.3. The third kappa shape index (κ3) is 2.66. The van der Waals surface area contributed by atoms with Crippen molar-refractivity contribution in [1.82, 2.24) is 4.98 Å². The second-order valence-electron chi connectivity index (χ2n) is 7.40. The summed E-state index contributed by atoms with van der Waals surface area (Å²) in [5, 5.41) is 1.06. The largest absolute Gasteiger partial charge is 0.274 e. The van der Waals surface area contributed by atoms with E-state index in [0.29, 0.717) is 0 Å². The van der Waals surface area contributed by atoms with Crippen LogP contribution in [-0.4, -0.2) is 10.9 Å². The first-order valence-electron chi connectivity index (χ1n) is 9.84. The van der Waals surface area contributed by atoms with Crippen molar-refractivity contribution in [3.05, 3.63) is 77.5 Å². The third-order valence-corrected chi connectivity index (χ3v) is 5.73. The number of carbonyl (C=O) groups is 1. The Balaban J connectivity index is 1.77. The van der Waals surface area contributed by atoms with Gasteiger partial charge in [-0.15, -0.1) is 0 Å². The summed E-state index contributed by atoms with van der Waals surface area (Å²) in [5.41, 5.74) is 6.17. The fourth-order valence-corrected chi connectivity index (χ4v) is 4.46. The minimum absolute atomic E-state index is 0.0653. The van der Waals surface area contributed by atoms with Gasteiger partial charge in [0.2, 0.25) is 0 Å². The summed E-state index contributed by atoms with van der Waals surface area (Å²) >= 11 is 0. The van der Waals surface area contributed by atoms with Crippen LogP contribution in [0.15, 0.2) is 66.4 Å². The van der Waals surface area contributed by atoms with E-state index in [2.05, 4.69) is 23.2 Å². The van der Waals surface area contributed by atoms with Crippen molar-refractivity contribution < 1.29 is 4.79 Å². The molecule has 0 radical (unpaired) electrons. The number of amides is 1. The van der Waals surface area contributed by atoms with Crippen LogP contribution in [0, 0.1) is 0 Å². The molecule has 0 spiro atoms. The molecule has 0 unspecified atom stereocenters. The maximum absolute atomic E-state index is 13.4. The summed E-state index contributed by atoms with van der Waals surface area (Å²) in [5.74, 6) is 0.0653. The molecule has 2 heterocycles. The highest BCUT2D eigenvalue weighted by Gasteiger charge is 2.36. The van der Waals surface area contributed by atoms with Crippen LogP contribution >= 0.6 is 0 Å². The Morgan fingerprint density at radius 1 is 0.778 bits per heavy atom. The predicted octanol–water partition coefficient (Wildman–Crippen LogP) is 5.96. The lowest BCUT2D eigenvalue weighted by atomic mass is 9.99. The molecule has 1 amide bonds. The van der Waals surface area contributed by atoms with Gasteiger partial charge in [-0.3, -0.25) is 14.7 Å². The highest BCUT2D eigenvalue weighted by atomic mass is 16.2. The smallest absolute Gasteiger partial charge is 0.263 e. The molecule has 0 N–H and O–H groups in total. The highest BCUT2D eigenvalue weighted by Crippen LogP contribution is 2.43. The number of hydrogen-bond donors (Lipinski definition) is 0. The number of carbonyl (C=O) groups excluding carboxylic acids is 1. The van der Waals surface area contributed by atoms with E-state index in [1.54, 1.807) is 6.20 Å². The highest BCUT2D eigenvalue weighted by molar-refractivity contribution is 6.24. The van der Waals surface area contributed by atoms with Gasteiger partial charge in [0.1, 0.15) is 0 Å². The van der Waals surface area contributed by atoms with Crippen molar-refractivity contribution in [3.8, 4) is 0 Å². The van der Waals surface area contributed by atoms with Crippen LogP contribution in [0.3, 0.4) is 0 Å². The fraction of sp³-hybridized carbons (Fsp3) is 0.250. The number of rotatable bonds is 1. The van der Waals surface area contributed by atoms with Gasteiger partial charge in [0.05, 0.1) is 16.9 Å². The summed E-state index contributed by atoms with van der Waals surface area (Å²) in [6.07, 6.45) is 8.92. The molecular formula is C24H22N2O. The van der Waals surface area contributed by atoms with Gasteiger partial charge in [-0.2, -0.15) is 0 Å². The molecule has 5 rings (SSSR count). The molecular weight excluding hydrogens is 332 g/mol. The van der Waals surface area contributed by atoms with Crippen molar-refractivity contribution >= 4 is 28.2 Å². The number of allylic oxidation sites excluding steroid dienone is 1. The minimum atomic E-state index is 0.0653. The van der Waals surface area contributed by atoms with Gasteiger partial charge in [-0.25, -0.2) is 0 Å². The van der Waals surface area contributed by atoms with E-state index in [9.17, 15) is 4.79 Å². The summed E-state index contributed by atoms with van der Waals surface area (Å²) < 4.78 is 0. The summed E-state index contributed by atoms with van der Waals surface area (Å²) in [6.45, 7) is 0. The predicted molar refractivity (Wildman–Crippen MR) is 110 cm³/mol. The van der Waals surface area contributed by atoms with Crippen LogP contribution in [0.2, 0.25) is 0 Å². The topological polar surface area (TPSA) is 33.2 Å². The molecule has 1 aliphatic carbocycles. The Morgan fingerprint density at radius 2 is 1.52 bits per heavy atom. The van der Waals surface area contributed by atoms with Gasteiger partial charge < -0.3 is 0 Å². The molecule has 27 heavy (non-hydrogen) atoms. The van der Waals surface area contributed by atoms with Crippen molar-refractivity contribution in [1.29, 1.82) is 0 Å². The first-order chi connectivity index (χ1) is 13.3. The van der Waals surface area contributed by atoms with Crippen molar-refractivity contribution in [2.75, 3.05) is 4.90 Å². The Morgan fingerprint density at radius 3 is 2.33 bits per heavy atom. The standard InChI is InChI=1S/C24H22N2O/c27-24-20-14-6-5-13-19(20)23(18-9-3-1-2-4-10-18)26(24)21-15-7-11-17-12-8-16-25-22(17)21/h5-8,11-16H,1-4,9-10H2. The van der Waals surface area contributed by atoms with Gasteiger partial charge in [0, 0.05) is 22.7 Å². The number of nitrogens with zero attached hydrogens (tertiary/aromatic N) is 2. The first kappa shape index (κ1) is 16.2. The van der Waals surface area contributed by atoms with E-state index in [-0.39, 0.29) is 5.91 Å². The van der Waals surface area contributed by atoms with Gasteiger partial charge in [0.15, 0.2) is 0 Å². The summed E-state index contributed by atoms with van der Waals surface area (Å²) in [6, 6.07) is 18.1. The molecule has 3 nitrogen and oxygen atoms in total. The number of benzene rings is 2. The molecule has 1 aromatic heterocycles. The van der Waals surface area contributed by atoms with Gasteiger partial charge >= 0.3 is 0 Å². The van der Waals surface area contributed by atoms with Crippen LogP contribution in [0.1, 0.15) is 54.4 Å². The van der Waals surface area contributed by atoms with Gasteiger partial charge in [-0.05, 0) is 49.5 Å². The van der Waals surface area contributed by atoms with E-state index in [1.807, 2.05) is 41.3 Å². The number of para-hydroxylation sites is 1. The molecule has 3 aromatic rings. The van der Waals surface area contributed by atoms with Crippen LogP contribution in [0.4, 0.5) is 5.69 Å². The van der Waals surface area contributed by atoms with E-state index in [0.717, 1.165) is 46.3 Å². The molecule has 2 aromatic carbocycles. The maximum atomic E-state index is 13.4. The number of pyridine rings is 1. The average Bonchev–Trinajstić information content (AvgIpc) is 2.88. The monoisotopic (exact) mass is 354 g/mol. The first-order valence-corrected chi connectivity index (χ1v) is 9.84. The van der Waals surface area contributed by atoms with E-state index in [4.69, 9.17) is 0 Å². The molecule has 1 fully saturated rings. The van der Waals surface area contributed by atoms with Crippen LogP contribution in [-0.2, 0) is 0 Å². The Kier molecular flexibility index (Phi) is 4.01. The van der Waals surface area contributed by atoms with E-state index < -0.39 is 0 Å². The Bertz CT molecular complexity index is 1050. The SMILES string of the molecule is O=C1c2ccccc2C(=C2CCCCCC2)N1c1cccc2cccnc12.